The van der Waals surface area contributed by atoms with Gasteiger partial charge in [-0.2, -0.15) is 0 Å². The number of primary amides is 1. The first-order valence-corrected chi connectivity index (χ1v) is 2.93. The van der Waals surface area contributed by atoms with Crippen LogP contribution in [0.15, 0.2) is 0 Å². The number of aliphatic hydroxyl groups is 1. The molecule has 7 heteroatoms. The minimum absolute atomic E-state index is 0.797. The molecule has 0 aromatic rings. The van der Waals surface area contributed by atoms with Crippen LogP contribution in [0.3, 0.4) is 0 Å². The summed E-state index contributed by atoms with van der Waals surface area (Å²) in [5, 5.41) is 18.4. The first kappa shape index (κ1) is 10.4. The van der Waals surface area contributed by atoms with Gasteiger partial charge in [-0.1, -0.05) is 0 Å². The predicted octanol–water partition coefficient (Wildman–Crippen LogP) is -2.97. The molecular weight excluding hydrogens is 168 g/mol. The first-order chi connectivity index (χ1) is 5.49. The van der Waals surface area contributed by atoms with Gasteiger partial charge >= 0.3 is 17.8 Å². The zero-order chi connectivity index (χ0) is 9.72. The van der Waals surface area contributed by atoms with Crippen LogP contribution in [0.25, 0.3) is 0 Å². The fourth-order valence-electron chi connectivity index (χ4n) is 0.415. The van der Waals surface area contributed by atoms with Gasteiger partial charge in [0.2, 0.25) is 0 Å². The number of aliphatic carboxylic acids is 1. The maximum atomic E-state index is 10.5. The fraction of sp³-hybridized carbons (Fsp3) is 0.400. The smallest absolute Gasteiger partial charge is 0.328 e. The molecule has 0 fully saturated rings. The quantitative estimate of drug-likeness (QED) is 0.341. The number of carbonyl (C=O) groups is 3. The van der Waals surface area contributed by atoms with Crippen molar-refractivity contribution in [2.45, 2.75) is 6.04 Å². The lowest BCUT2D eigenvalue weighted by molar-refractivity contribution is -0.144. The Kier molecular flexibility index (Phi) is 3.71. The molecule has 0 bridgehead atoms. The van der Waals surface area contributed by atoms with E-state index in [1.165, 1.54) is 0 Å². The topological polar surface area (TPSA) is 130 Å². The summed E-state index contributed by atoms with van der Waals surface area (Å²) in [7, 11) is 0. The molecule has 68 valence electrons. The van der Waals surface area contributed by atoms with E-state index in [1.54, 1.807) is 5.32 Å². The van der Waals surface area contributed by atoms with Crippen LogP contribution in [0.1, 0.15) is 0 Å². The molecule has 2 amide bonds. The summed E-state index contributed by atoms with van der Waals surface area (Å²) in [4.78, 5) is 30.7. The van der Waals surface area contributed by atoms with Gasteiger partial charge in [0, 0.05) is 0 Å². The molecule has 7 nitrogen and oxygen atoms in total. The average molecular weight is 176 g/mol. The molecule has 0 rings (SSSR count). The summed E-state index contributed by atoms with van der Waals surface area (Å²) >= 11 is 0. The number of amides is 2. The second-order valence-electron chi connectivity index (χ2n) is 1.91. The van der Waals surface area contributed by atoms with E-state index in [1.807, 2.05) is 0 Å². The van der Waals surface area contributed by atoms with Crippen LogP contribution >= 0.6 is 0 Å². The molecule has 5 N–H and O–H groups in total. The van der Waals surface area contributed by atoms with Crippen molar-refractivity contribution in [3.63, 3.8) is 0 Å². The van der Waals surface area contributed by atoms with Crippen LogP contribution in [-0.4, -0.2) is 40.6 Å². The van der Waals surface area contributed by atoms with Gasteiger partial charge in [0.25, 0.3) is 0 Å². The maximum absolute atomic E-state index is 10.5. The Balaban J connectivity index is 4.12. The molecule has 1 atom stereocenters. The van der Waals surface area contributed by atoms with Crippen molar-refractivity contribution in [2.75, 3.05) is 6.61 Å². The lowest BCUT2D eigenvalue weighted by Crippen LogP contribution is -2.47. The zero-order valence-electron chi connectivity index (χ0n) is 5.98. The molecule has 0 aliphatic carbocycles. The standard InChI is InChI=1S/C5H8N2O5/c6-3(9)4(10)7-2(1-8)5(11)12/h2,8H,1H2,(H2,6,9)(H,7,10)(H,11,12)/t2-/m0/s1. The number of nitrogens with two attached hydrogens (primary N) is 1. The highest BCUT2D eigenvalue weighted by Crippen LogP contribution is 1.81. The largest absolute Gasteiger partial charge is 0.480 e. The number of carboxylic acid groups (broad SMARTS) is 1. The molecule has 0 unspecified atom stereocenters. The van der Waals surface area contributed by atoms with Gasteiger partial charge in [0.15, 0.2) is 6.04 Å². The van der Waals surface area contributed by atoms with Crippen molar-refractivity contribution < 1.29 is 24.6 Å². The summed E-state index contributed by atoms with van der Waals surface area (Å²) in [5.74, 6) is -3.97. The number of rotatable bonds is 3. The number of carboxylic acids is 1. The van der Waals surface area contributed by atoms with Gasteiger partial charge in [-0.15, -0.1) is 0 Å². The lowest BCUT2D eigenvalue weighted by atomic mass is 10.3. The minimum Gasteiger partial charge on any atom is -0.480 e. The number of hydrogen-bond acceptors (Lipinski definition) is 4. The van der Waals surface area contributed by atoms with E-state index in [2.05, 4.69) is 5.73 Å². The predicted molar refractivity (Wildman–Crippen MR) is 35.8 cm³/mol. The van der Waals surface area contributed by atoms with Crippen molar-refractivity contribution in [2.24, 2.45) is 5.73 Å². The summed E-state index contributed by atoms with van der Waals surface area (Å²) in [6.45, 7) is -0.797. The maximum Gasteiger partial charge on any atom is 0.328 e. The minimum atomic E-state index is -1.50. The molecule has 0 heterocycles. The third kappa shape index (κ3) is 2.97. The van der Waals surface area contributed by atoms with E-state index in [4.69, 9.17) is 10.2 Å². The summed E-state index contributed by atoms with van der Waals surface area (Å²) in [6, 6.07) is -1.50. The van der Waals surface area contributed by atoms with Gasteiger partial charge in [-0.05, 0) is 0 Å². The van der Waals surface area contributed by atoms with E-state index in [0.717, 1.165) is 0 Å². The van der Waals surface area contributed by atoms with Gasteiger partial charge in [0.05, 0.1) is 6.61 Å². The fourth-order valence-corrected chi connectivity index (χ4v) is 0.415. The van der Waals surface area contributed by atoms with Crippen LogP contribution in [0.5, 0.6) is 0 Å². The highest BCUT2D eigenvalue weighted by molar-refractivity contribution is 6.34. The Labute approximate surface area is 67.2 Å². The average Bonchev–Trinajstić information content (AvgIpc) is 1.98. The van der Waals surface area contributed by atoms with Gasteiger partial charge in [-0.25, -0.2) is 4.79 Å². The van der Waals surface area contributed by atoms with Gasteiger partial charge in [-0.3, -0.25) is 9.59 Å². The number of aliphatic hydroxyl groups excluding tert-OH is 1. The molecular formula is C5H8N2O5. The van der Waals surface area contributed by atoms with Crippen molar-refractivity contribution >= 4 is 17.8 Å². The SMILES string of the molecule is NC(=O)C(=O)N[C@@H](CO)C(=O)O. The summed E-state index contributed by atoms with van der Waals surface area (Å²) in [5.41, 5.74) is 4.51. The van der Waals surface area contributed by atoms with Crippen LogP contribution in [0.4, 0.5) is 0 Å². The third-order valence-corrected chi connectivity index (χ3v) is 1.01. The van der Waals surface area contributed by atoms with Crippen molar-refractivity contribution in [3.05, 3.63) is 0 Å². The molecule has 12 heavy (non-hydrogen) atoms. The molecule has 0 aliphatic rings. The molecule has 0 spiro atoms. The molecule has 0 saturated heterocycles. The Bertz CT molecular complexity index is 214. The second-order valence-corrected chi connectivity index (χ2v) is 1.91. The van der Waals surface area contributed by atoms with E-state index in [9.17, 15) is 14.4 Å². The third-order valence-electron chi connectivity index (χ3n) is 1.01. The molecule has 0 saturated carbocycles. The summed E-state index contributed by atoms with van der Waals surface area (Å²) in [6.07, 6.45) is 0. The van der Waals surface area contributed by atoms with Crippen molar-refractivity contribution in [1.82, 2.24) is 5.32 Å². The molecule has 0 aromatic heterocycles. The van der Waals surface area contributed by atoms with E-state index >= 15 is 0 Å². The van der Waals surface area contributed by atoms with Gasteiger partial charge in [0.1, 0.15) is 0 Å². The van der Waals surface area contributed by atoms with Gasteiger partial charge < -0.3 is 21.3 Å². The lowest BCUT2D eigenvalue weighted by Gasteiger charge is -2.08. The van der Waals surface area contributed by atoms with Crippen molar-refractivity contribution in [1.29, 1.82) is 0 Å². The normalized spacial score (nSPS) is 11.8. The number of nitrogens with one attached hydrogen (secondary N) is 1. The highest BCUT2D eigenvalue weighted by atomic mass is 16.4. The number of hydrogen-bond donors (Lipinski definition) is 4. The number of carbonyl (C=O) groups excluding carboxylic acids is 2. The molecule has 0 radical (unpaired) electrons. The van der Waals surface area contributed by atoms with Crippen LogP contribution in [0.2, 0.25) is 0 Å². The Morgan fingerprint density at radius 3 is 2.17 bits per heavy atom. The monoisotopic (exact) mass is 176 g/mol. The second kappa shape index (κ2) is 4.29. The van der Waals surface area contributed by atoms with E-state index in [-0.39, 0.29) is 0 Å². The first-order valence-electron chi connectivity index (χ1n) is 2.93. The van der Waals surface area contributed by atoms with Crippen LogP contribution < -0.4 is 11.1 Å². The molecule has 0 aromatic carbocycles. The Morgan fingerprint density at radius 1 is 1.42 bits per heavy atom. The van der Waals surface area contributed by atoms with E-state index < -0.39 is 30.4 Å². The Morgan fingerprint density at radius 2 is 1.92 bits per heavy atom. The van der Waals surface area contributed by atoms with E-state index in [0.29, 0.717) is 0 Å². The Hall–Kier alpha value is -1.63. The molecule has 0 aliphatic heterocycles. The summed E-state index contributed by atoms with van der Waals surface area (Å²) < 4.78 is 0. The van der Waals surface area contributed by atoms with Crippen molar-refractivity contribution in [3.8, 4) is 0 Å². The highest BCUT2D eigenvalue weighted by Gasteiger charge is 2.20. The van der Waals surface area contributed by atoms with Crippen LogP contribution in [0, 0.1) is 0 Å². The van der Waals surface area contributed by atoms with Crippen LogP contribution in [-0.2, 0) is 14.4 Å². The zero-order valence-corrected chi connectivity index (χ0v) is 5.98.